The van der Waals surface area contributed by atoms with Crippen LogP contribution in [-0.2, 0) is 9.53 Å². The minimum absolute atomic E-state index is 0.0214. The molecule has 0 aliphatic rings. The zero-order valence-electron chi connectivity index (χ0n) is 6.62. The third kappa shape index (κ3) is 5.97. The van der Waals surface area contributed by atoms with Gasteiger partial charge in [-0.25, -0.2) is 0 Å². The molecule has 0 radical (unpaired) electrons. The van der Waals surface area contributed by atoms with Crippen molar-refractivity contribution in [3.8, 4) is 0 Å². The van der Waals surface area contributed by atoms with E-state index < -0.39 is 6.10 Å². The van der Waals surface area contributed by atoms with Crippen molar-refractivity contribution in [2.45, 2.75) is 19.4 Å². The van der Waals surface area contributed by atoms with Crippen LogP contribution in [0.2, 0.25) is 0 Å². The van der Waals surface area contributed by atoms with E-state index in [1.165, 1.54) is 0 Å². The molecule has 1 unspecified atom stereocenters. The van der Waals surface area contributed by atoms with E-state index >= 15 is 0 Å². The molecule has 0 aliphatic carbocycles. The lowest BCUT2D eigenvalue weighted by Crippen LogP contribution is -2.20. The van der Waals surface area contributed by atoms with Crippen molar-refractivity contribution >= 4 is 5.78 Å². The van der Waals surface area contributed by atoms with E-state index in [9.17, 15) is 4.79 Å². The normalized spacial score (nSPS) is 13.0. The summed E-state index contributed by atoms with van der Waals surface area (Å²) in [6.45, 7) is 1.92. The molecule has 2 N–H and O–H groups in total. The molecule has 0 amide bonds. The summed E-state index contributed by atoms with van der Waals surface area (Å²) >= 11 is 0. The molecule has 0 bridgehead atoms. The van der Waals surface area contributed by atoms with Gasteiger partial charge in [-0.2, -0.15) is 0 Å². The summed E-state index contributed by atoms with van der Waals surface area (Å²) < 4.78 is 4.80. The molecule has 0 saturated carbocycles. The molecule has 0 aromatic rings. The van der Waals surface area contributed by atoms with Crippen molar-refractivity contribution < 1.29 is 19.7 Å². The summed E-state index contributed by atoms with van der Waals surface area (Å²) in [5, 5.41) is 17.2. The Hall–Kier alpha value is -0.450. The lowest BCUT2D eigenvalue weighted by molar-refractivity contribution is -0.125. The quantitative estimate of drug-likeness (QED) is 0.544. The number of aliphatic hydroxyl groups is 2. The number of ether oxygens (including phenoxy) is 1. The van der Waals surface area contributed by atoms with Crippen molar-refractivity contribution in [2.75, 3.05) is 19.8 Å². The Morgan fingerprint density at radius 1 is 1.64 bits per heavy atom. The molecule has 4 nitrogen and oxygen atoms in total. The first-order chi connectivity index (χ1) is 5.20. The summed E-state index contributed by atoms with van der Waals surface area (Å²) in [7, 11) is 0. The summed E-state index contributed by atoms with van der Waals surface area (Å²) in [6, 6.07) is 0. The fourth-order valence-electron chi connectivity index (χ4n) is 0.602. The van der Waals surface area contributed by atoms with E-state index in [4.69, 9.17) is 14.9 Å². The standard InChI is InChI=1S/C7H14O4/c1-2-11-5-7(10)3-6(9)4-8/h6,8-9H,2-5H2,1H3. The fourth-order valence-corrected chi connectivity index (χ4v) is 0.602. The predicted octanol–water partition coefficient (Wildman–Crippen LogP) is -0.665. The van der Waals surface area contributed by atoms with Gasteiger partial charge < -0.3 is 14.9 Å². The highest BCUT2D eigenvalue weighted by atomic mass is 16.5. The molecule has 0 spiro atoms. The summed E-state index contributed by atoms with van der Waals surface area (Å²) in [5.74, 6) is -0.187. The molecule has 66 valence electrons. The van der Waals surface area contributed by atoms with Crippen LogP contribution >= 0.6 is 0 Å². The second-order valence-corrected chi connectivity index (χ2v) is 2.22. The van der Waals surface area contributed by atoms with Crippen molar-refractivity contribution in [3.63, 3.8) is 0 Å². The number of carbonyl (C=O) groups excluding carboxylic acids is 1. The van der Waals surface area contributed by atoms with Gasteiger partial charge in [0, 0.05) is 13.0 Å². The monoisotopic (exact) mass is 162 g/mol. The largest absolute Gasteiger partial charge is 0.394 e. The van der Waals surface area contributed by atoms with Gasteiger partial charge in [0.1, 0.15) is 6.61 Å². The minimum Gasteiger partial charge on any atom is -0.394 e. The molecule has 0 rings (SSSR count). The lowest BCUT2D eigenvalue weighted by atomic mass is 10.2. The smallest absolute Gasteiger partial charge is 0.161 e. The molecular formula is C7H14O4. The molecule has 0 aromatic carbocycles. The number of Topliss-reactive ketones (excluding diaryl/α,β-unsaturated/α-hetero) is 1. The molecule has 0 fully saturated rings. The van der Waals surface area contributed by atoms with Gasteiger partial charge in [0.25, 0.3) is 0 Å². The maximum Gasteiger partial charge on any atom is 0.161 e. The average molecular weight is 162 g/mol. The number of hydrogen-bond acceptors (Lipinski definition) is 4. The minimum atomic E-state index is -0.942. The number of hydrogen-bond donors (Lipinski definition) is 2. The van der Waals surface area contributed by atoms with Crippen LogP contribution in [0.15, 0.2) is 0 Å². The van der Waals surface area contributed by atoms with E-state index in [2.05, 4.69) is 0 Å². The van der Waals surface area contributed by atoms with Crippen LogP contribution in [0.4, 0.5) is 0 Å². The molecular weight excluding hydrogens is 148 g/mol. The first-order valence-electron chi connectivity index (χ1n) is 3.59. The van der Waals surface area contributed by atoms with Crippen LogP contribution in [0.1, 0.15) is 13.3 Å². The summed E-state index contributed by atoms with van der Waals surface area (Å²) in [5.41, 5.74) is 0. The van der Waals surface area contributed by atoms with Crippen LogP contribution in [0, 0.1) is 0 Å². The predicted molar refractivity (Wildman–Crippen MR) is 39.2 cm³/mol. The lowest BCUT2D eigenvalue weighted by Gasteiger charge is -2.04. The van der Waals surface area contributed by atoms with E-state index in [-0.39, 0.29) is 25.4 Å². The highest BCUT2D eigenvalue weighted by Crippen LogP contribution is 1.92. The summed E-state index contributed by atoms with van der Waals surface area (Å²) in [6.07, 6.45) is -0.973. The van der Waals surface area contributed by atoms with Crippen LogP contribution < -0.4 is 0 Å². The first-order valence-corrected chi connectivity index (χ1v) is 3.59. The maximum absolute atomic E-state index is 10.8. The third-order valence-electron chi connectivity index (χ3n) is 1.14. The van der Waals surface area contributed by atoms with Crippen LogP contribution in [-0.4, -0.2) is 41.9 Å². The highest BCUT2D eigenvalue weighted by Gasteiger charge is 2.08. The van der Waals surface area contributed by atoms with Gasteiger partial charge in [-0.1, -0.05) is 0 Å². The highest BCUT2D eigenvalue weighted by molar-refractivity contribution is 5.80. The van der Waals surface area contributed by atoms with Gasteiger partial charge >= 0.3 is 0 Å². The van der Waals surface area contributed by atoms with Gasteiger partial charge in [-0.3, -0.25) is 4.79 Å². The molecule has 0 saturated heterocycles. The molecule has 1 atom stereocenters. The number of ketones is 1. The van der Waals surface area contributed by atoms with Crippen LogP contribution in [0.5, 0.6) is 0 Å². The Morgan fingerprint density at radius 2 is 2.27 bits per heavy atom. The fraction of sp³-hybridized carbons (Fsp3) is 0.857. The molecule has 0 aliphatic heterocycles. The first kappa shape index (κ1) is 10.6. The molecule has 11 heavy (non-hydrogen) atoms. The number of rotatable bonds is 6. The molecule has 0 heterocycles. The molecule has 4 heteroatoms. The van der Waals surface area contributed by atoms with Gasteiger partial charge in [-0.05, 0) is 6.92 Å². The van der Waals surface area contributed by atoms with Crippen LogP contribution in [0.3, 0.4) is 0 Å². The number of carbonyl (C=O) groups is 1. The molecule has 0 aromatic heterocycles. The van der Waals surface area contributed by atoms with Crippen LogP contribution in [0.25, 0.3) is 0 Å². The van der Waals surface area contributed by atoms with Crippen molar-refractivity contribution in [3.05, 3.63) is 0 Å². The van der Waals surface area contributed by atoms with Gasteiger partial charge in [-0.15, -0.1) is 0 Å². The summed E-state index contributed by atoms with van der Waals surface area (Å²) in [4.78, 5) is 10.8. The topological polar surface area (TPSA) is 66.8 Å². The van der Waals surface area contributed by atoms with Crippen molar-refractivity contribution in [2.24, 2.45) is 0 Å². The van der Waals surface area contributed by atoms with E-state index in [1.807, 2.05) is 0 Å². The zero-order chi connectivity index (χ0) is 8.69. The Kier molecular flexibility index (Phi) is 6.02. The second kappa shape index (κ2) is 6.27. The Morgan fingerprint density at radius 3 is 2.73 bits per heavy atom. The Bertz CT molecular complexity index is 113. The van der Waals surface area contributed by atoms with Crippen molar-refractivity contribution in [1.82, 2.24) is 0 Å². The Labute approximate surface area is 65.8 Å². The second-order valence-electron chi connectivity index (χ2n) is 2.22. The number of aliphatic hydroxyl groups excluding tert-OH is 2. The van der Waals surface area contributed by atoms with Gasteiger partial charge in [0.2, 0.25) is 0 Å². The van der Waals surface area contributed by atoms with E-state index in [0.29, 0.717) is 6.61 Å². The Balaban J connectivity index is 3.36. The van der Waals surface area contributed by atoms with Gasteiger partial charge in [0.05, 0.1) is 12.7 Å². The third-order valence-corrected chi connectivity index (χ3v) is 1.14. The zero-order valence-corrected chi connectivity index (χ0v) is 6.62. The average Bonchev–Trinajstić information content (AvgIpc) is 2.00. The van der Waals surface area contributed by atoms with E-state index in [1.54, 1.807) is 6.92 Å². The SMILES string of the molecule is CCOCC(=O)CC(O)CO. The van der Waals surface area contributed by atoms with Gasteiger partial charge in [0.15, 0.2) is 5.78 Å². The van der Waals surface area contributed by atoms with E-state index in [0.717, 1.165) is 0 Å². The van der Waals surface area contributed by atoms with Crippen molar-refractivity contribution in [1.29, 1.82) is 0 Å². The maximum atomic E-state index is 10.8.